The SMILES string of the molecule is CCC(C)c1ccc(NC(=O)C(=Cc2ccco2)n2nnnc2-c2ccccc2)cc1. The van der Waals surface area contributed by atoms with Crippen molar-refractivity contribution in [1.82, 2.24) is 20.2 Å². The molecule has 2 heterocycles. The zero-order valence-corrected chi connectivity index (χ0v) is 17.4. The highest BCUT2D eigenvalue weighted by Crippen LogP contribution is 2.23. The van der Waals surface area contributed by atoms with Gasteiger partial charge in [0.05, 0.1) is 6.26 Å². The number of aromatic nitrogens is 4. The maximum Gasteiger partial charge on any atom is 0.274 e. The highest BCUT2D eigenvalue weighted by Gasteiger charge is 2.20. The summed E-state index contributed by atoms with van der Waals surface area (Å²) in [4.78, 5) is 13.3. The second-order valence-corrected chi connectivity index (χ2v) is 7.21. The van der Waals surface area contributed by atoms with Gasteiger partial charge in [-0.3, -0.25) is 4.79 Å². The van der Waals surface area contributed by atoms with Gasteiger partial charge in [0.15, 0.2) is 5.82 Å². The number of hydrogen-bond donors (Lipinski definition) is 1. The molecule has 1 atom stereocenters. The van der Waals surface area contributed by atoms with Crippen molar-refractivity contribution in [2.75, 3.05) is 5.32 Å². The smallest absolute Gasteiger partial charge is 0.274 e. The lowest BCUT2D eigenvalue weighted by molar-refractivity contribution is -0.111. The molecule has 0 saturated heterocycles. The third kappa shape index (κ3) is 4.61. The molecule has 1 unspecified atom stereocenters. The van der Waals surface area contributed by atoms with Gasteiger partial charge in [0, 0.05) is 17.3 Å². The summed E-state index contributed by atoms with van der Waals surface area (Å²) in [5.41, 5.74) is 2.96. The molecule has 0 radical (unpaired) electrons. The van der Waals surface area contributed by atoms with Gasteiger partial charge in [0.2, 0.25) is 0 Å². The van der Waals surface area contributed by atoms with Crippen LogP contribution in [0, 0.1) is 0 Å². The highest BCUT2D eigenvalue weighted by atomic mass is 16.3. The fourth-order valence-electron chi connectivity index (χ4n) is 3.17. The molecule has 0 aliphatic rings. The fourth-order valence-corrected chi connectivity index (χ4v) is 3.17. The highest BCUT2D eigenvalue weighted by molar-refractivity contribution is 6.24. The molecule has 2 aromatic heterocycles. The summed E-state index contributed by atoms with van der Waals surface area (Å²) in [6.07, 6.45) is 4.22. The normalized spacial score (nSPS) is 12.5. The van der Waals surface area contributed by atoms with Crippen LogP contribution in [0.4, 0.5) is 5.69 Å². The molecule has 0 fully saturated rings. The Kier molecular flexibility index (Phi) is 6.03. The maximum absolute atomic E-state index is 13.3. The molecule has 0 saturated carbocycles. The van der Waals surface area contributed by atoms with Gasteiger partial charge in [-0.2, -0.15) is 4.68 Å². The Labute approximate surface area is 180 Å². The molecule has 1 N–H and O–H groups in total. The van der Waals surface area contributed by atoms with Crippen LogP contribution in [0.3, 0.4) is 0 Å². The standard InChI is InChI=1S/C24H23N5O2/c1-3-17(2)18-11-13-20(14-12-18)25-24(30)22(16-21-10-7-15-31-21)29-23(26-27-28-29)19-8-5-4-6-9-19/h4-17H,3H2,1-2H3,(H,25,30). The number of tetrazole rings is 1. The lowest BCUT2D eigenvalue weighted by Crippen LogP contribution is -2.19. The molecule has 4 aromatic rings. The predicted molar refractivity (Wildman–Crippen MR) is 120 cm³/mol. The average Bonchev–Trinajstić information content (AvgIpc) is 3.50. The van der Waals surface area contributed by atoms with Gasteiger partial charge in [0.25, 0.3) is 5.91 Å². The molecule has 1 amide bonds. The summed E-state index contributed by atoms with van der Waals surface area (Å²) in [6.45, 7) is 4.34. The van der Waals surface area contributed by atoms with Gasteiger partial charge in [-0.05, 0) is 52.6 Å². The Hall–Kier alpha value is -4.00. The number of benzene rings is 2. The van der Waals surface area contributed by atoms with E-state index in [1.165, 1.54) is 10.2 Å². The summed E-state index contributed by atoms with van der Waals surface area (Å²) in [6, 6.07) is 20.9. The number of carbonyl (C=O) groups excluding carboxylic acids is 1. The van der Waals surface area contributed by atoms with Crippen molar-refractivity contribution in [1.29, 1.82) is 0 Å². The van der Waals surface area contributed by atoms with E-state index >= 15 is 0 Å². The lowest BCUT2D eigenvalue weighted by atomic mass is 9.99. The molecule has 31 heavy (non-hydrogen) atoms. The molecule has 0 aliphatic heterocycles. The second kappa shape index (κ2) is 9.21. The third-order valence-corrected chi connectivity index (χ3v) is 5.13. The number of nitrogens with zero attached hydrogens (tertiary/aromatic N) is 4. The monoisotopic (exact) mass is 413 g/mol. The van der Waals surface area contributed by atoms with Crippen LogP contribution >= 0.6 is 0 Å². The molecule has 4 rings (SSSR count). The number of anilines is 1. The molecule has 0 spiro atoms. The zero-order valence-electron chi connectivity index (χ0n) is 17.4. The quantitative estimate of drug-likeness (QED) is 0.427. The molecule has 2 aromatic carbocycles. The molecule has 0 aliphatic carbocycles. The van der Waals surface area contributed by atoms with Crippen LogP contribution in [-0.2, 0) is 4.79 Å². The predicted octanol–water partition coefficient (Wildman–Crippen LogP) is 5.08. The number of amides is 1. The van der Waals surface area contributed by atoms with E-state index in [4.69, 9.17) is 4.42 Å². The van der Waals surface area contributed by atoms with E-state index in [1.807, 2.05) is 54.6 Å². The Morgan fingerprint density at radius 2 is 1.87 bits per heavy atom. The minimum Gasteiger partial charge on any atom is -0.465 e. The molecule has 156 valence electrons. The van der Waals surface area contributed by atoms with E-state index in [0.717, 1.165) is 12.0 Å². The third-order valence-electron chi connectivity index (χ3n) is 5.13. The van der Waals surface area contributed by atoms with E-state index in [2.05, 4.69) is 34.7 Å². The first-order chi connectivity index (χ1) is 15.2. The van der Waals surface area contributed by atoms with Crippen LogP contribution < -0.4 is 5.32 Å². The number of furan rings is 1. The van der Waals surface area contributed by atoms with Crippen LogP contribution in [0.15, 0.2) is 77.4 Å². The van der Waals surface area contributed by atoms with E-state index in [-0.39, 0.29) is 11.6 Å². The van der Waals surface area contributed by atoms with Gasteiger partial charge in [-0.1, -0.05) is 56.3 Å². The summed E-state index contributed by atoms with van der Waals surface area (Å²) in [5, 5.41) is 14.9. The van der Waals surface area contributed by atoms with Crippen molar-refractivity contribution in [3.8, 4) is 11.4 Å². The Balaban J connectivity index is 1.67. The van der Waals surface area contributed by atoms with Crippen LogP contribution in [-0.4, -0.2) is 26.1 Å². The lowest BCUT2D eigenvalue weighted by Gasteiger charge is -2.12. The number of carbonyl (C=O) groups is 1. The first kappa shape index (κ1) is 20.3. The van der Waals surface area contributed by atoms with Gasteiger partial charge in [0.1, 0.15) is 11.5 Å². The van der Waals surface area contributed by atoms with Gasteiger partial charge in [-0.15, -0.1) is 5.10 Å². The largest absolute Gasteiger partial charge is 0.465 e. The van der Waals surface area contributed by atoms with Crippen molar-refractivity contribution < 1.29 is 9.21 Å². The van der Waals surface area contributed by atoms with E-state index in [0.29, 0.717) is 23.2 Å². The second-order valence-electron chi connectivity index (χ2n) is 7.21. The van der Waals surface area contributed by atoms with Crippen LogP contribution in [0.2, 0.25) is 0 Å². The topological polar surface area (TPSA) is 85.8 Å². The van der Waals surface area contributed by atoms with Crippen molar-refractivity contribution in [2.24, 2.45) is 0 Å². The van der Waals surface area contributed by atoms with Crippen molar-refractivity contribution >= 4 is 23.4 Å². The minimum atomic E-state index is -0.350. The molecular formula is C24H23N5O2. The van der Waals surface area contributed by atoms with Crippen LogP contribution in [0.1, 0.15) is 37.5 Å². The van der Waals surface area contributed by atoms with Gasteiger partial charge < -0.3 is 9.73 Å². The van der Waals surface area contributed by atoms with Gasteiger partial charge in [-0.25, -0.2) is 0 Å². The number of hydrogen-bond acceptors (Lipinski definition) is 5. The Morgan fingerprint density at radius 1 is 1.10 bits per heavy atom. The fraction of sp³-hybridized carbons (Fsp3) is 0.167. The van der Waals surface area contributed by atoms with Crippen molar-refractivity contribution in [2.45, 2.75) is 26.2 Å². The summed E-state index contributed by atoms with van der Waals surface area (Å²) in [5.74, 6) is 1.10. The zero-order chi connectivity index (χ0) is 21.6. The first-order valence-electron chi connectivity index (χ1n) is 10.2. The first-order valence-corrected chi connectivity index (χ1v) is 10.2. The minimum absolute atomic E-state index is 0.241. The molecule has 7 heteroatoms. The molecule has 0 bridgehead atoms. The van der Waals surface area contributed by atoms with E-state index < -0.39 is 0 Å². The van der Waals surface area contributed by atoms with Gasteiger partial charge >= 0.3 is 0 Å². The summed E-state index contributed by atoms with van der Waals surface area (Å²) in [7, 11) is 0. The maximum atomic E-state index is 13.3. The summed E-state index contributed by atoms with van der Waals surface area (Å²) >= 11 is 0. The van der Waals surface area contributed by atoms with Crippen molar-refractivity contribution in [3.63, 3.8) is 0 Å². The number of rotatable bonds is 7. The molecule has 7 nitrogen and oxygen atoms in total. The van der Waals surface area contributed by atoms with Crippen molar-refractivity contribution in [3.05, 3.63) is 84.3 Å². The Bertz CT molecular complexity index is 1160. The average molecular weight is 413 g/mol. The van der Waals surface area contributed by atoms with Crippen LogP contribution in [0.5, 0.6) is 0 Å². The van der Waals surface area contributed by atoms with E-state index in [9.17, 15) is 4.79 Å². The number of nitrogens with one attached hydrogen (secondary N) is 1. The van der Waals surface area contributed by atoms with Crippen LogP contribution in [0.25, 0.3) is 23.2 Å². The Morgan fingerprint density at radius 3 is 2.55 bits per heavy atom. The van der Waals surface area contributed by atoms with E-state index in [1.54, 1.807) is 24.5 Å². The summed E-state index contributed by atoms with van der Waals surface area (Å²) < 4.78 is 6.84. The molecular weight excluding hydrogens is 390 g/mol.